The number of hydrogen-bond acceptors (Lipinski definition) is 4. The van der Waals surface area contributed by atoms with Gasteiger partial charge in [0.1, 0.15) is 5.82 Å². The lowest BCUT2D eigenvalue weighted by molar-refractivity contribution is 0.0949. The molecule has 1 N–H and O–H groups in total. The third kappa shape index (κ3) is 3.52. The van der Waals surface area contributed by atoms with Crippen molar-refractivity contribution in [1.82, 2.24) is 14.9 Å². The van der Waals surface area contributed by atoms with Crippen LogP contribution in [-0.4, -0.2) is 30.1 Å². The standard InChI is InChI=1S/C17H16ClN3O3S/c1-21-14-6-4-3-5-13(14)20-16(21)10-19-17(22)11-7-8-12(18)15(9-11)25(2,23)24/h3-9H,10H2,1-2H3,(H,19,22). The van der Waals surface area contributed by atoms with E-state index in [1.54, 1.807) is 0 Å². The Morgan fingerprint density at radius 1 is 1.24 bits per heavy atom. The minimum atomic E-state index is -3.51. The highest BCUT2D eigenvalue weighted by atomic mass is 35.5. The second kappa shape index (κ2) is 6.50. The van der Waals surface area contributed by atoms with E-state index in [2.05, 4.69) is 10.3 Å². The van der Waals surface area contributed by atoms with Crippen molar-refractivity contribution >= 4 is 38.4 Å². The number of benzene rings is 2. The largest absolute Gasteiger partial charge is 0.345 e. The van der Waals surface area contributed by atoms with Gasteiger partial charge in [0, 0.05) is 18.9 Å². The highest BCUT2D eigenvalue weighted by Gasteiger charge is 2.16. The maximum atomic E-state index is 12.3. The second-order valence-electron chi connectivity index (χ2n) is 5.68. The molecule has 0 aliphatic heterocycles. The molecular formula is C17H16ClN3O3S. The number of aryl methyl sites for hydroxylation is 1. The Hall–Kier alpha value is -2.38. The van der Waals surface area contributed by atoms with Crippen molar-refractivity contribution < 1.29 is 13.2 Å². The van der Waals surface area contributed by atoms with Gasteiger partial charge in [-0.3, -0.25) is 4.79 Å². The van der Waals surface area contributed by atoms with E-state index in [4.69, 9.17) is 11.6 Å². The highest BCUT2D eigenvalue weighted by molar-refractivity contribution is 7.90. The quantitative estimate of drug-likeness (QED) is 0.757. The molecule has 1 heterocycles. The number of rotatable bonds is 4. The minimum absolute atomic E-state index is 0.0652. The average Bonchev–Trinajstić information content (AvgIpc) is 2.88. The van der Waals surface area contributed by atoms with Crippen LogP contribution in [-0.2, 0) is 23.4 Å². The zero-order chi connectivity index (χ0) is 18.2. The fourth-order valence-electron chi connectivity index (χ4n) is 2.54. The van der Waals surface area contributed by atoms with E-state index in [0.29, 0.717) is 5.82 Å². The van der Waals surface area contributed by atoms with Crippen LogP contribution in [0.15, 0.2) is 47.4 Å². The summed E-state index contributed by atoms with van der Waals surface area (Å²) in [6.07, 6.45) is 1.05. The molecule has 1 amide bonds. The van der Waals surface area contributed by atoms with Crippen LogP contribution < -0.4 is 5.32 Å². The molecule has 0 atom stereocenters. The zero-order valence-electron chi connectivity index (χ0n) is 13.7. The molecule has 0 radical (unpaired) electrons. The molecule has 0 saturated carbocycles. The summed E-state index contributed by atoms with van der Waals surface area (Å²) in [5.41, 5.74) is 2.04. The average molecular weight is 378 g/mol. The van der Waals surface area contributed by atoms with Crippen LogP contribution >= 0.6 is 11.6 Å². The summed E-state index contributed by atoms with van der Waals surface area (Å²) in [7, 11) is -1.63. The van der Waals surface area contributed by atoms with E-state index in [9.17, 15) is 13.2 Å². The molecule has 2 aromatic carbocycles. The number of carbonyl (C=O) groups excluding carboxylic acids is 1. The highest BCUT2D eigenvalue weighted by Crippen LogP contribution is 2.22. The van der Waals surface area contributed by atoms with Crippen LogP contribution in [0.25, 0.3) is 11.0 Å². The monoisotopic (exact) mass is 377 g/mol. The van der Waals surface area contributed by atoms with Crippen LogP contribution in [0.2, 0.25) is 5.02 Å². The van der Waals surface area contributed by atoms with Gasteiger partial charge >= 0.3 is 0 Å². The van der Waals surface area contributed by atoms with Crippen molar-refractivity contribution in [1.29, 1.82) is 0 Å². The van der Waals surface area contributed by atoms with Crippen molar-refractivity contribution in [2.45, 2.75) is 11.4 Å². The van der Waals surface area contributed by atoms with Gasteiger partial charge in [-0.05, 0) is 30.3 Å². The third-order valence-corrected chi connectivity index (χ3v) is 5.46. The van der Waals surface area contributed by atoms with Crippen LogP contribution in [0.4, 0.5) is 0 Å². The molecule has 0 aliphatic rings. The number of sulfone groups is 1. The Morgan fingerprint density at radius 2 is 1.96 bits per heavy atom. The van der Waals surface area contributed by atoms with E-state index in [1.165, 1.54) is 18.2 Å². The second-order valence-corrected chi connectivity index (χ2v) is 8.07. The lowest BCUT2D eigenvalue weighted by Crippen LogP contribution is -2.24. The van der Waals surface area contributed by atoms with Crippen LogP contribution in [0.1, 0.15) is 16.2 Å². The van der Waals surface area contributed by atoms with Crippen molar-refractivity contribution in [2.75, 3.05) is 6.26 Å². The van der Waals surface area contributed by atoms with Gasteiger partial charge in [0.25, 0.3) is 5.91 Å². The van der Waals surface area contributed by atoms with Crippen molar-refractivity contribution in [2.24, 2.45) is 7.05 Å². The summed E-state index contributed by atoms with van der Waals surface area (Å²) >= 11 is 5.90. The number of hydrogen-bond donors (Lipinski definition) is 1. The molecule has 130 valence electrons. The number of amides is 1. The topological polar surface area (TPSA) is 81.1 Å². The predicted octanol–water partition coefficient (Wildman–Crippen LogP) is 2.56. The van der Waals surface area contributed by atoms with E-state index in [1.807, 2.05) is 35.9 Å². The molecule has 3 aromatic rings. The molecular weight excluding hydrogens is 362 g/mol. The summed E-state index contributed by atoms with van der Waals surface area (Å²) in [4.78, 5) is 16.8. The normalized spacial score (nSPS) is 11.6. The number of halogens is 1. The molecule has 0 aliphatic carbocycles. The summed E-state index contributed by atoms with van der Waals surface area (Å²) in [6.45, 7) is 0.223. The molecule has 25 heavy (non-hydrogen) atoms. The van der Waals surface area contributed by atoms with Crippen LogP contribution in [0.5, 0.6) is 0 Å². The van der Waals surface area contributed by atoms with Crippen molar-refractivity contribution in [3.05, 3.63) is 58.9 Å². The number of nitrogens with zero attached hydrogens (tertiary/aromatic N) is 2. The third-order valence-electron chi connectivity index (χ3n) is 3.88. The summed E-state index contributed by atoms with van der Waals surface area (Å²) in [5, 5.41) is 2.85. The molecule has 8 heteroatoms. The zero-order valence-corrected chi connectivity index (χ0v) is 15.2. The Balaban J connectivity index is 1.82. The van der Waals surface area contributed by atoms with Gasteiger partial charge in [0.15, 0.2) is 9.84 Å². The SMILES string of the molecule is Cn1c(CNC(=O)c2ccc(Cl)c(S(C)(=O)=O)c2)nc2ccccc21. The molecule has 3 rings (SSSR count). The fraction of sp³-hybridized carbons (Fsp3) is 0.176. The molecule has 0 unspecified atom stereocenters. The van der Waals surface area contributed by atoms with Crippen LogP contribution in [0, 0.1) is 0 Å². The van der Waals surface area contributed by atoms with E-state index < -0.39 is 15.7 Å². The number of fused-ring (bicyclic) bond motifs is 1. The Morgan fingerprint density at radius 3 is 2.64 bits per heavy atom. The lowest BCUT2D eigenvalue weighted by Gasteiger charge is -2.08. The first-order valence-corrected chi connectivity index (χ1v) is 9.72. The van der Waals surface area contributed by atoms with E-state index in [-0.39, 0.29) is 22.0 Å². The lowest BCUT2D eigenvalue weighted by atomic mass is 10.2. The summed E-state index contributed by atoms with van der Waals surface area (Å²) in [5.74, 6) is 0.306. The van der Waals surface area contributed by atoms with E-state index in [0.717, 1.165) is 17.3 Å². The van der Waals surface area contributed by atoms with Crippen molar-refractivity contribution in [3.8, 4) is 0 Å². The van der Waals surface area contributed by atoms with Crippen LogP contribution in [0.3, 0.4) is 0 Å². The van der Waals surface area contributed by atoms with Gasteiger partial charge in [0.2, 0.25) is 0 Å². The summed E-state index contributed by atoms with van der Waals surface area (Å²) < 4.78 is 25.3. The maximum Gasteiger partial charge on any atom is 0.251 e. The van der Waals surface area contributed by atoms with Gasteiger partial charge < -0.3 is 9.88 Å². The van der Waals surface area contributed by atoms with E-state index >= 15 is 0 Å². The number of carbonyl (C=O) groups is 1. The first kappa shape index (κ1) is 17.4. The molecule has 0 fully saturated rings. The minimum Gasteiger partial charge on any atom is -0.345 e. The first-order chi connectivity index (χ1) is 11.8. The maximum absolute atomic E-state index is 12.3. The van der Waals surface area contributed by atoms with Gasteiger partial charge in [-0.15, -0.1) is 0 Å². The summed E-state index contributed by atoms with van der Waals surface area (Å²) in [6, 6.07) is 11.8. The molecule has 0 spiro atoms. The molecule has 0 saturated heterocycles. The predicted molar refractivity (Wildman–Crippen MR) is 96.4 cm³/mol. The smallest absolute Gasteiger partial charge is 0.251 e. The van der Waals surface area contributed by atoms with Gasteiger partial charge in [-0.1, -0.05) is 23.7 Å². The van der Waals surface area contributed by atoms with Gasteiger partial charge in [-0.2, -0.15) is 0 Å². The first-order valence-electron chi connectivity index (χ1n) is 7.45. The number of nitrogens with one attached hydrogen (secondary N) is 1. The fourth-order valence-corrected chi connectivity index (χ4v) is 3.84. The molecule has 0 bridgehead atoms. The number of para-hydroxylation sites is 2. The Kier molecular flexibility index (Phi) is 4.53. The molecule has 6 nitrogen and oxygen atoms in total. The molecule has 1 aromatic heterocycles. The number of imidazole rings is 1. The Bertz CT molecular complexity index is 1070. The van der Waals surface area contributed by atoms with Gasteiger partial charge in [-0.25, -0.2) is 13.4 Å². The van der Waals surface area contributed by atoms with Crippen molar-refractivity contribution in [3.63, 3.8) is 0 Å². The number of aromatic nitrogens is 2. The Labute approximate surface area is 150 Å². The van der Waals surface area contributed by atoms with Gasteiger partial charge in [0.05, 0.1) is 27.5 Å².